The number of hydrogen-bond acceptors (Lipinski definition) is 4. The number of halogens is 2. The third kappa shape index (κ3) is 3.29. The van der Waals surface area contributed by atoms with Crippen LogP contribution in [0.2, 0.25) is 10.0 Å². The Hall–Kier alpha value is -1.91. The van der Waals surface area contributed by atoms with Crippen LogP contribution in [-0.2, 0) is 11.3 Å². The van der Waals surface area contributed by atoms with Crippen molar-refractivity contribution in [2.24, 2.45) is 0 Å². The van der Waals surface area contributed by atoms with Crippen molar-refractivity contribution in [1.29, 1.82) is 0 Å². The number of carbonyl (C=O) groups is 1. The van der Waals surface area contributed by atoms with Gasteiger partial charge in [0.25, 0.3) is 0 Å². The van der Waals surface area contributed by atoms with Gasteiger partial charge in [0.05, 0.1) is 15.6 Å². The summed E-state index contributed by atoms with van der Waals surface area (Å²) in [5, 5.41) is 0.887. The molecule has 114 valence electrons. The molecule has 0 atom stereocenters. The van der Waals surface area contributed by atoms with Crippen molar-refractivity contribution in [3.8, 4) is 11.5 Å². The monoisotopic (exact) mass is 338 g/mol. The van der Waals surface area contributed by atoms with Crippen LogP contribution in [0.3, 0.4) is 0 Å². The molecule has 0 N–H and O–H groups in total. The van der Waals surface area contributed by atoms with E-state index in [-0.39, 0.29) is 6.61 Å². The molecule has 0 aromatic heterocycles. The lowest BCUT2D eigenvalue weighted by Gasteiger charge is -2.18. The highest BCUT2D eigenvalue weighted by molar-refractivity contribution is 6.42. The van der Waals surface area contributed by atoms with Gasteiger partial charge in [-0.15, -0.1) is 0 Å². The van der Waals surface area contributed by atoms with E-state index in [9.17, 15) is 4.79 Å². The molecule has 0 saturated carbocycles. The largest absolute Gasteiger partial charge is 0.486 e. The van der Waals surface area contributed by atoms with Gasteiger partial charge in [0.15, 0.2) is 11.5 Å². The van der Waals surface area contributed by atoms with E-state index in [0.717, 1.165) is 5.56 Å². The molecule has 2 aromatic carbocycles. The fraction of sp³-hybridized carbons (Fsp3) is 0.188. The van der Waals surface area contributed by atoms with Gasteiger partial charge in [-0.25, -0.2) is 4.79 Å². The molecule has 1 aliphatic rings. The van der Waals surface area contributed by atoms with Crippen molar-refractivity contribution in [3.05, 3.63) is 57.6 Å². The molecule has 0 unspecified atom stereocenters. The Morgan fingerprint density at radius 3 is 2.55 bits per heavy atom. The Labute approximate surface area is 137 Å². The summed E-state index contributed by atoms with van der Waals surface area (Å²) in [7, 11) is 0. The van der Waals surface area contributed by atoms with E-state index < -0.39 is 5.97 Å². The first-order valence-electron chi connectivity index (χ1n) is 6.64. The van der Waals surface area contributed by atoms with Crippen LogP contribution in [-0.4, -0.2) is 19.2 Å². The van der Waals surface area contributed by atoms with Crippen LogP contribution in [0.15, 0.2) is 36.4 Å². The number of fused-ring (bicyclic) bond motifs is 1. The molecule has 0 aliphatic carbocycles. The van der Waals surface area contributed by atoms with Crippen LogP contribution in [0.4, 0.5) is 0 Å². The van der Waals surface area contributed by atoms with E-state index in [2.05, 4.69) is 0 Å². The standard InChI is InChI=1S/C16H12Cl2O4/c17-12-3-1-10(7-13(12)18)9-22-16(19)11-2-4-14-15(8-11)21-6-5-20-14/h1-4,7-8H,5-6,9H2. The maximum Gasteiger partial charge on any atom is 0.338 e. The van der Waals surface area contributed by atoms with E-state index in [4.69, 9.17) is 37.4 Å². The lowest BCUT2D eigenvalue weighted by atomic mass is 10.2. The number of rotatable bonds is 3. The van der Waals surface area contributed by atoms with Crippen molar-refractivity contribution < 1.29 is 19.0 Å². The molecule has 22 heavy (non-hydrogen) atoms. The fourth-order valence-electron chi connectivity index (χ4n) is 2.03. The van der Waals surface area contributed by atoms with E-state index in [0.29, 0.717) is 40.3 Å². The molecule has 0 bridgehead atoms. The Morgan fingerprint density at radius 1 is 1.00 bits per heavy atom. The molecule has 0 radical (unpaired) electrons. The van der Waals surface area contributed by atoms with Gasteiger partial charge in [-0.2, -0.15) is 0 Å². The SMILES string of the molecule is O=C(OCc1ccc(Cl)c(Cl)c1)c1ccc2c(c1)OCCO2. The van der Waals surface area contributed by atoms with Crippen LogP contribution < -0.4 is 9.47 Å². The number of benzene rings is 2. The summed E-state index contributed by atoms with van der Waals surface area (Å²) in [6.45, 7) is 1.09. The molecule has 2 aromatic rings. The molecular formula is C16H12Cl2O4. The minimum Gasteiger partial charge on any atom is -0.486 e. The first-order chi connectivity index (χ1) is 10.6. The van der Waals surface area contributed by atoms with E-state index in [1.165, 1.54) is 0 Å². The topological polar surface area (TPSA) is 44.8 Å². The lowest BCUT2D eigenvalue weighted by molar-refractivity contribution is 0.0471. The number of ether oxygens (including phenoxy) is 3. The summed E-state index contributed by atoms with van der Waals surface area (Å²) in [4.78, 5) is 12.1. The maximum atomic E-state index is 12.1. The van der Waals surface area contributed by atoms with E-state index in [1.54, 1.807) is 36.4 Å². The van der Waals surface area contributed by atoms with Crippen molar-refractivity contribution in [1.82, 2.24) is 0 Å². The van der Waals surface area contributed by atoms with Gasteiger partial charge in [0.1, 0.15) is 19.8 Å². The predicted octanol–water partition coefficient (Wildman–Crippen LogP) is 4.12. The van der Waals surface area contributed by atoms with Gasteiger partial charge >= 0.3 is 5.97 Å². The zero-order valence-electron chi connectivity index (χ0n) is 11.5. The second-order valence-corrected chi connectivity index (χ2v) is 5.50. The average molecular weight is 339 g/mol. The van der Waals surface area contributed by atoms with Gasteiger partial charge in [-0.05, 0) is 35.9 Å². The highest BCUT2D eigenvalue weighted by Gasteiger charge is 2.15. The maximum absolute atomic E-state index is 12.1. The summed E-state index contributed by atoms with van der Waals surface area (Å²) in [6.07, 6.45) is 0. The van der Waals surface area contributed by atoms with Crippen LogP contribution in [0.1, 0.15) is 15.9 Å². The number of esters is 1. The molecule has 4 nitrogen and oxygen atoms in total. The summed E-state index contributed by atoms with van der Waals surface area (Å²) in [5.41, 5.74) is 1.17. The molecule has 1 heterocycles. The lowest BCUT2D eigenvalue weighted by Crippen LogP contribution is -2.16. The second kappa shape index (κ2) is 6.46. The Bertz CT molecular complexity index is 715. The Morgan fingerprint density at radius 2 is 1.77 bits per heavy atom. The van der Waals surface area contributed by atoms with Crippen molar-refractivity contribution >= 4 is 29.2 Å². The number of hydrogen-bond donors (Lipinski definition) is 0. The molecule has 0 saturated heterocycles. The summed E-state index contributed by atoms with van der Waals surface area (Å²) >= 11 is 11.8. The molecule has 1 aliphatic heterocycles. The average Bonchev–Trinajstić information content (AvgIpc) is 2.55. The van der Waals surface area contributed by atoms with Gasteiger partial charge in [-0.1, -0.05) is 29.3 Å². The van der Waals surface area contributed by atoms with Crippen molar-refractivity contribution in [3.63, 3.8) is 0 Å². The van der Waals surface area contributed by atoms with Gasteiger partial charge in [0.2, 0.25) is 0 Å². The van der Waals surface area contributed by atoms with Crippen LogP contribution in [0, 0.1) is 0 Å². The zero-order valence-corrected chi connectivity index (χ0v) is 13.0. The first kappa shape index (κ1) is 15.0. The highest BCUT2D eigenvalue weighted by atomic mass is 35.5. The van der Waals surface area contributed by atoms with Crippen LogP contribution >= 0.6 is 23.2 Å². The first-order valence-corrected chi connectivity index (χ1v) is 7.40. The zero-order chi connectivity index (χ0) is 15.5. The summed E-state index contributed by atoms with van der Waals surface area (Å²) in [6, 6.07) is 10.0. The van der Waals surface area contributed by atoms with E-state index in [1.807, 2.05) is 0 Å². The highest BCUT2D eigenvalue weighted by Crippen LogP contribution is 2.31. The van der Waals surface area contributed by atoms with E-state index >= 15 is 0 Å². The fourth-order valence-corrected chi connectivity index (χ4v) is 2.35. The minimum absolute atomic E-state index is 0.115. The molecule has 6 heteroatoms. The smallest absolute Gasteiger partial charge is 0.338 e. The Balaban J connectivity index is 1.68. The Kier molecular flexibility index (Phi) is 4.41. The third-order valence-electron chi connectivity index (χ3n) is 3.13. The minimum atomic E-state index is -0.442. The van der Waals surface area contributed by atoms with Crippen molar-refractivity contribution in [2.75, 3.05) is 13.2 Å². The molecule has 3 rings (SSSR count). The molecule has 0 amide bonds. The van der Waals surface area contributed by atoms with Crippen LogP contribution in [0.5, 0.6) is 11.5 Å². The van der Waals surface area contributed by atoms with Crippen molar-refractivity contribution in [2.45, 2.75) is 6.61 Å². The van der Waals surface area contributed by atoms with Gasteiger partial charge in [-0.3, -0.25) is 0 Å². The quantitative estimate of drug-likeness (QED) is 0.789. The van der Waals surface area contributed by atoms with Gasteiger partial charge < -0.3 is 14.2 Å². The van der Waals surface area contributed by atoms with Crippen LogP contribution in [0.25, 0.3) is 0 Å². The molecular weight excluding hydrogens is 327 g/mol. The second-order valence-electron chi connectivity index (χ2n) is 4.68. The molecule has 0 fully saturated rings. The third-order valence-corrected chi connectivity index (χ3v) is 3.87. The number of carbonyl (C=O) groups excluding carboxylic acids is 1. The summed E-state index contributed by atoms with van der Waals surface area (Å²) < 4.78 is 16.1. The van der Waals surface area contributed by atoms with Gasteiger partial charge in [0, 0.05) is 0 Å². The predicted molar refractivity (Wildman–Crippen MR) is 83.0 cm³/mol. The summed E-state index contributed by atoms with van der Waals surface area (Å²) in [5.74, 6) is 0.741. The normalized spacial score (nSPS) is 12.8. The molecule has 0 spiro atoms.